The summed E-state index contributed by atoms with van der Waals surface area (Å²) in [5, 5.41) is 13.8. The maximum atomic E-state index is 13.6. The standard InChI is InChI=1S/C30H36N6O3/c1-2-38-24-10-11-27-23(18-24)19-26(30(37)31-27)28(29-32-33-34-36(29)20-25-9-6-16-39-25)35-14-12-22(13-15-35)17-21-7-4-3-5-8-21/h3-5,7-8,10-11,18-19,22,25,28H,2,6,9,12-17,20H2,1H3,(H,31,37). The molecule has 0 amide bonds. The number of hydrogen-bond donors (Lipinski definition) is 1. The van der Waals surface area contributed by atoms with Gasteiger partial charge in [0.25, 0.3) is 5.56 Å². The number of pyridine rings is 1. The number of aromatic amines is 1. The molecule has 0 aliphatic carbocycles. The zero-order valence-electron chi connectivity index (χ0n) is 22.5. The second-order valence-corrected chi connectivity index (χ2v) is 10.7. The molecule has 4 heterocycles. The summed E-state index contributed by atoms with van der Waals surface area (Å²) >= 11 is 0. The molecule has 9 heteroatoms. The summed E-state index contributed by atoms with van der Waals surface area (Å²) < 4.78 is 13.5. The van der Waals surface area contributed by atoms with Crippen molar-refractivity contribution in [2.45, 2.75) is 57.7 Å². The first-order chi connectivity index (χ1) is 19.2. The van der Waals surface area contributed by atoms with Gasteiger partial charge in [0, 0.05) is 23.1 Å². The van der Waals surface area contributed by atoms with E-state index in [4.69, 9.17) is 9.47 Å². The van der Waals surface area contributed by atoms with Gasteiger partial charge in [-0.05, 0) is 98.3 Å². The lowest BCUT2D eigenvalue weighted by atomic mass is 9.89. The van der Waals surface area contributed by atoms with E-state index in [-0.39, 0.29) is 17.7 Å². The normalized spacial score (nSPS) is 19.5. The fraction of sp³-hybridized carbons (Fsp3) is 0.467. The number of rotatable bonds is 9. The summed E-state index contributed by atoms with van der Waals surface area (Å²) in [5.41, 5.74) is 2.70. The van der Waals surface area contributed by atoms with E-state index in [1.165, 1.54) is 5.56 Å². The number of hydrogen-bond acceptors (Lipinski definition) is 7. The highest BCUT2D eigenvalue weighted by Crippen LogP contribution is 2.33. The van der Waals surface area contributed by atoms with Crippen LogP contribution in [0.1, 0.15) is 55.6 Å². The van der Waals surface area contributed by atoms with Crippen LogP contribution in [0, 0.1) is 5.92 Å². The number of fused-ring (bicyclic) bond motifs is 1. The zero-order valence-corrected chi connectivity index (χ0v) is 22.5. The van der Waals surface area contributed by atoms with Gasteiger partial charge in [-0.3, -0.25) is 9.69 Å². The predicted molar refractivity (Wildman–Crippen MR) is 149 cm³/mol. The number of likely N-dealkylation sites (tertiary alicyclic amines) is 1. The number of piperidine rings is 1. The van der Waals surface area contributed by atoms with Crippen LogP contribution in [0.5, 0.6) is 5.75 Å². The number of benzene rings is 2. The van der Waals surface area contributed by atoms with Gasteiger partial charge in [-0.2, -0.15) is 0 Å². The maximum Gasteiger partial charge on any atom is 0.253 e. The molecule has 2 aliphatic rings. The summed E-state index contributed by atoms with van der Waals surface area (Å²) in [6.45, 7) is 5.64. The first-order valence-electron chi connectivity index (χ1n) is 14.1. The first-order valence-corrected chi connectivity index (χ1v) is 14.1. The van der Waals surface area contributed by atoms with Crippen molar-refractivity contribution in [1.82, 2.24) is 30.1 Å². The Kier molecular flexibility index (Phi) is 7.69. The molecule has 6 rings (SSSR count). The highest BCUT2D eigenvalue weighted by molar-refractivity contribution is 5.80. The molecule has 4 aromatic rings. The van der Waals surface area contributed by atoms with Crippen LogP contribution in [0.25, 0.3) is 10.9 Å². The van der Waals surface area contributed by atoms with Crippen molar-refractivity contribution < 1.29 is 9.47 Å². The molecular formula is C30H36N6O3. The number of nitrogens with zero attached hydrogens (tertiary/aromatic N) is 5. The Hall–Kier alpha value is -3.56. The minimum atomic E-state index is -0.358. The van der Waals surface area contributed by atoms with E-state index < -0.39 is 0 Å². The summed E-state index contributed by atoms with van der Waals surface area (Å²) in [7, 11) is 0. The van der Waals surface area contributed by atoms with Crippen LogP contribution in [0.2, 0.25) is 0 Å². The van der Waals surface area contributed by atoms with Gasteiger partial charge >= 0.3 is 0 Å². The van der Waals surface area contributed by atoms with Crippen LogP contribution in [-0.4, -0.2) is 62.5 Å². The van der Waals surface area contributed by atoms with Crippen molar-refractivity contribution in [3.63, 3.8) is 0 Å². The van der Waals surface area contributed by atoms with E-state index in [2.05, 4.69) is 55.7 Å². The van der Waals surface area contributed by atoms with Crippen LogP contribution in [-0.2, 0) is 17.7 Å². The molecule has 2 aliphatic heterocycles. The minimum absolute atomic E-state index is 0.0909. The van der Waals surface area contributed by atoms with Crippen molar-refractivity contribution in [1.29, 1.82) is 0 Å². The Morgan fingerprint density at radius 2 is 1.95 bits per heavy atom. The van der Waals surface area contributed by atoms with Crippen molar-refractivity contribution >= 4 is 10.9 Å². The Morgan fingerprint density at radius 3 is 2.72 bits per heavy atom. The molecule has 2 aromatic heterocycles. The second-order valence-electron chi connectivity index (χ2n) is 10.7. The number of tetrazole rings is 1. The summed E-state index contributed by atoms with van der Waals surface area (Å²) in [5.74, 6) is 2.08. The summed E-state index contributed by atoms with van der Waals surface area (Å²) in [4.78, 5) is 19.0. The van der Waals surface area contributed by atoms with Crippen LogP contribution in [0.15, 0.2) is 59.4 Å². The highest BCUT2D eigenvalue weighted by atomic mass is 16.5. The monoisotopic (exact) mass is 528 g/mol. The average molecular weight is 529 g/mol. The van der Waals surface area contributed by atoms with Crippen molar-refractivity contribution in [2.75, 3.05) is 26.3 Å². The molecule has 2 fully saturated rings. The van der Waals surface area contributed by atoms with Crippen LogP contribution in [0.3, 0.4) is 0 Å². The molecular weight excluding hydrogens is 492 g/mol. The van der Waals surface area contributed by atoms with Crippen molar-refractivity contribution in [2.24, 2.45) is 5.92 Å². The number of nitrogens with one attached hydrogen (secondary N) is 1. The molecule has 0 radical (unpaired) electrons. The molecule has 2 unspecified atom stereocenters. The SMILES string of the molecule is CCOc1ccc2[nH]c(=O)c(C(c3nnnn3CC3CCCO3)N3CCC(Cc4ccccc4)CC3)cc2c1. The lowest BCUT2D eigenvalue weighted by Gasteiger charge is -2.37. The van der Waals surface area contributed by atoms with Crippen LogP contribution < -0.4 is 10.3 Å². The lowest BCUT2D eigenvalue weighted by Crippen LogP contribution is -2.41. The third kappa shape index (κ3) is 5.74. The maximum absolute atomic E-state index is 13.6. The van der Waals surface area contributed by atoms with Crippen LogP contribution in [0.4, 0.5) is 0 Å². The Morgan fingerprint density at radius 1 is 1.10 bits per heavy atom. The zero-order chi connectivity index (χ0) is 26.6. The summed E-state index contributed by atoms with van der Waals surface area (Å²) in [6.07, 6.45) is 5.32. The van der Waals surface area contributed by atoms with Crippen molar-refractivity contribution in [3.05, 3.63) is 81.9 Å². The minimum Gasteiger partial charge on any atom is -0.494 e. The first kappa shape index (κ1) is 25.7. The molecule has 2 aromatic carbocycles. The molecule has 2 atom stereocenters. The van der Waals surface area contributed by atoms with E-state index >= 15 is 0 Å². The van der Waals surface area contributed by atoms with E-state index in [0.717, 1.165) is 68.5 Å². The van der Waals surface area contributed by atoms with Gasteiger partial charge in [-0.25, -0.2) is 4.68 Å². The van der Waals surface area contributed by atoms with Gasteiger partial charge in [0.2, 0.25) is 0 Å². The van der Waals surface area contributed by atoms with E-state index in [0.29, 0.717) is 30.5 Å². The molecule has 0 bridgehead atoms. The quantitative estimate of drug-likeness (QED) is 0.349. The third-order valence-electron chi connectivity index (χ3n) is 8.04. The molecule has 39 heavy (non-hydrogen) atoms. The summed E-state index contributed by atoms with van der Waals surface area (Å²) in [6, 6.07) is 18.1. The van der Waals surface area contributed by atoms with Crippen molar-refractivity contribution in [3.8, 4) is 5.75 Å². The lowest BCUT2D eigenvalue weighted by molar-refractivity contribution is 0.0892. The fourth-order valence-electron chi connectivity index (χ4n) is 6.04. The molecule has 1 N–H and O–H groups in total. The van der Waals surface area contributed by atoms with Gasteiger partial charge < -0.3 is 14.5 Å². The predicted octanol–water partition coefficient (Wildman–Crippen LogP) is 4.14. The van der Waals surface area contributed by atoms with Gasteiger partial charge in [-0.1, -0.05) is 30.3 Å². The Balaban J connectivity index is 1.33. The topological polar surface area (TPSA) is 98.2 Å². The highest BCUT2D eigenvalue weighted by Gasteiger charge is 2.34. The fourth-order valence-corrected chi connectivity index (χ4v) is 6.04. The average Bonchev–Trinajstić information content (AvgIpc) is 3.64. The van der Waals surface area contributed by atoms with E-state index in [9.17, 15) is 4.79 Å². The molecule has 9 nitrogen and oxygen atoms in total. The van der Waals surface area contributed by atoms with Gasteiger partial charge in [0.1, 0.15) is 11.8 Å². The number of aromatic nitrogens is 5. The van der Waals surface area contributed by atoms with Gasteiger partial charge in [-0.15, -0.1) is 5.10 Å². The molecule has 0 saturated carbocycles. The number of H-pyrrole nitrogens is 1. The molecule has 204 valence electrons. The third-order valence-corrected chi connectivity index (χ3v) is 8.04. The van der Waals surface area contributed by atoms with Gasteiger partial charge in [0.05, 0.1) is 19.3 Å². The molecule has 0 spiro atoms. The number of ether oxygens (including phenoxy) is 2. The molecule has 2 saturated heterocycles. The van der Waals surface area contributed by atoms with Gasteiger partial charge in [0.15, 0.2) is 5.82 Å². The Bertz CT molecular complexity index is 1440. The van der Waals surface area contributed by atoms with Crippen LogP contribution >= 0.6 is 0 Å². The Labute approximate surface area is 228 Å². The second kappa shape index (κ2) is 11.7. The van der Waals surface area contributed by atoms with E-state index in [1.807, 2.05) is 35.9 Å². The largest absolute Gasteiger partial charge is 0.494 e. The van der Waals surface area contributed by atoms with E-state index in [1.54, 1.807) is 0 Å². The smallest absolute Gasteiger partial charge is 0.253 e.